The maximum absolute atomic E-state index is 12.7. The minimum absolute atomic E-state index is 0.0766. The standard InChI is InChI=1S/C22H22F3N5O2/c23-22(24,25)16-6-7-19(26-14-16)28-9-3-10-29(13-12-28)20(31)8-11-30-15-27-18-5-2-1-4-17(18)21(30)32/h1-2,4-7,14-15H,3,8-13H2. The predicted molar refractivity (Wildman–Crippen MR) is 113 cm³/mol. The van der Waals surface area contributed by atoms with Gasteiger partial charge in [-0.1, -0.05) is 12.1 Å². The molecule has 1 saturated heterocycles. The number of amides is 1. The van der Waals surface area contributed by atoms with Crippen LogP contribution in [0.3, 0.4) is 0 Å². The van der Waals surface area contributed by atoms with E-state index >= 15 is 0 Å². The monoisotopic (exact) mass is 445 g/mol. The molecule has 0 atom stereocenters. The highest BCUT2D eigenvalue weighted by molar-refractivity contribution is 5.77. The molecule has 10 heteroatoms. The molecule has 32 heavy (non-hydrogen) atoms. The maximum atomic E-state index is 12.7. The Hall–Kier alpha value is -3.43. The van der Waals surface area contributed by atoms with Gasteiger partial charge >= 0.3 is 6.18 Å². The van der Waals surface area contributed by atoms with Crippen LogP contribution in [0.5, 0.6) is 0 Å². The third-order valence-electron chi connectivity index (χ3n) is 5.55. The van der Waals surface area contributed by atoms with Crippen molar-refractivity contribution in [1.82, 2.24) is 19.4 Å². The van der Waals surface area contributed by atoms with Crippen molar-refractivity contribution in [2.75, 3.05) is 31.1 Å². The smallest absolute Gasteiger partial charge is 0.355 e. The number of carbonyl (C=O) groups is 1. The molecule has 2 aromatic heterocycles. The Kier molecular flexibility index (Phi) is 6.11. The summed E-state index contributed by atoms with van der Waals surface area (Å²) in [7, 11) is 0. The molecule has 0 spiro atoms. The highest BCUT2D eigenvalue weighted by atomic mass is 19.4. The topological polar surface area (TPSA) is 71.3 Å². The first-order valence-corrected chi connectivity index (χ1v) is 10.3. The zero-order valence-corrected chi connectivity index (χ0v) is 17.3. The van der Waals surface area contributed by atoms with E-state index in [0.717, 1.165) is 12.3 Å². The zero-order valence-electron chi connectivity index (χ0n) is 17.3. The first-order chi connectivity index (χ1) is 15.3. The second-order valence-electron chi connectivity index (χ2n) is 7.63. The quantitative estimate of drug-likeness (QED) is 0.618. The number of hydrogen-bond acceptors (Lipinski definition) is 5. The molecule has 0 radical (unpaired) electrons. The van der Waals surface area contributed by atoms with E-state index in [0.29, 0.717) is 49.3 Å². The summed E-state index contributed by atoms with van der Waals surface area (Å²) in [6.07, 6.45) is -1.29. The van der Waals surface area contributed by atoms with Crippen molar-refractivity contribution >= 4 is 22.6 Å². The number of benzene rings is 1. The van der Waals surface area contributed by atoms with Crippen molar-refractivity contribution < 1.29 is 18.0 Å². The molecule has 1 fully saturated rings. The van der Waals surface area contributed by atoms with Crippen LogP contribution in [0.15, 0.2) is 53.7 Å². The summed E-state index contributed by atoms with van der Waals surface area (Å²) < 4.78 is 39.7. The van der Waals surface area contributed by atoms with E-state index in [9.17, 15) is 22.8 Å². The number of carbonyl (C=O) groups excluding carboxylic acids is 1. The van der Waals surface area contributed by atoms with Crippen LogP contribution in [0.2, 0.25) is 0 Å². The Bertz CT molecular complexity index is 1160. The Morgan fingerprint density at radius 3 is 2.56 bits per heavy atom. The molecular weight excluding hydrogens is 423 g/mol. The molecule has 0 unspecified atom stereocenters. The van der Waals surface area contributed by atoms with Gasteiger partial charge in [-0.25, -0.2) is 9.97 Å². The number of halogens is 3. The van der Waals surface area contributed by atoms with Gasteiger partial charge in [-0.2, -0.15) is 13.2 Å². The normalized spacial score (nSPS) is 15.1. The highest BCUT2D eigenvalue weighted by Gasteiger charge is 2.31. The molecule has 1 aliphatic rings. The zero-order chi connectivity index (χ0) is 22.7. The van der Waals surface area contributed by atoms with Gasteiger partial charge in [0.15, 0.2) is 0 Å². The van der Waals surface area contributed by atoms with Crippen molar-refractivity contribution in [1.29, 1.82) is 0 Å². The molecule has 0 aliphatic carbocycles. The van der Waals surface area contributed by atoms with E-state index in [1.807, 2.05) is 11.0 Å². The van der Waals surface area contributed by atoms with Gasteiger partial charge in [0.2, 0.25) is 5.91 Å². The summed E-state index contributed by atoms with van der Waals surface area (Å²) in [5.74, 6) is 0.383. The molecule has 168 valence electrons. The number of pyridine rings is 1. The van der Waals surface area contributed by atoms with Crippen LogP contribution in [-0.4, -0.2) is 51.5 Å². The minimum atomic E-state index is -4.42. The Balaban J connectivity index is 1.36. The fourth-order valence-electron chi connectivity index (χ4n) is 3.78. The molecule has 3 aromatic rings. The number of anilines is 1. The molecule has 0 bridgehead atoms. The summed E-state index contributed by atoms with van der Waals surface area (Å²) in [6.45, 7) is 2.28. The Morgan fingerprint density at radius 1 is 1.00 bits per heavy atom. The average Bonchev–Trinajstić information content (AvgIpc) is 3.05. The fourth-order valence-corrected chi connectivity index (χ4v) is 3.78. The summed E-state index contributed by atoms with van der Waals surface area (Å²) in [4.78, 5) is 37.1. The van der Waals surface area contributed by atoms with Gasteiger partial charge in [0.05, 0.1) is 22.8 Å². The number of nitrogens with zero attached hydrogens (tertiary/aromatic N) is 5. The van der Waals surface area contributed by atoms with Crippen molar-refractivity contribution in [3.63, 3.8) is 0 Å². The van der Waals surface area contributed by atoms with E-state index in [2.05, 4.69) is 9.97 Å². The van der Waals surface area contributed by atoms with Crippen LogP contribution in [0.1, 0.15) is 18.4 Å². The molecule has 1 aliphatic heterocycles. The first kappa shape index (κ1) is 21.8. The van der Waals surface area contributed by atoms with Crippen molar-refractivity contribution in [3.05, 3.63) is 64.8 Å². The number of fused-ring (bicyclic) bond motifs is 1. The fraction of sp³-hybridized carbons (Fsp3) is 0.364. The van der Waals surface area contributed by atoms with Crippen molar-refractivity contribution in [2.24, 2.45) is 0 Å². The summed E-state index contributed by atoms with van der Waals surface area (Å²) in [5.41, 5.74) is -0.352. The van der Waals surface area contributed by atoms with E-state index in [1.165, 1.54) is 17.0 Å². The SMILES string of the molecule is O=C(CCn1cnc2ccccc2c1=O)N1CCCN(c2ccc(C(F)(F)F)cn2)CC1. The number of aryl methyl sites for hydroxylation is 1. The molecule has 7 nitrogen and oxygen atoms in total. The Morgan fingerprint density at radius 2 is 1.81 bits per heavy atom. The highest BCUT2D eigenvalue weighted by Crippen LogP contribution is 2.29. The molecule has 3 heterocycles. The lowest BCUT2D eigenvalue weighted by molar-refractivity contribution is -0.137. The molecule has 1 aromatic carbocycles. The molecule has 0 saturated carbocycles. The van der Waals surface area contributed by atoms with E-state index in [1.54, 1.807) is 23.1 Å². The van der Waals surface area contributed by atoms with E-state index in [-0.39, 0.29) is 24.4 Å². The van der Waals surface area contributed by atoms with Gasteiger partial charge in [0.1, 0.15) is 5.82 Å². The number of aromatic nitrogens is 3. The van der Waals surface area contributed by atoms with Gasteiger partial charge in [0, 0.05) is 45.3 Å². The summed E-state index contributed by atoms with van der Waals surface area (Å²) >= 11 is 0. The summed E-state index contributed by atoms with van der Waals surface area (Å²) in [6, 6.07) is 9.44. The first-order valence-electron chi connectivity index (χ1n) is 10.3. The van der Waals surface area contributed by atoms with Gasteiger partial charge in [-0.05, 0) is 30.7 Å². The van der Waals surface area contributed by atoms with Crippen LogP contribution >= 0.6 is 0 Å². The second kappa shape index (κ2) is 8.97. The van der Waals surface area contributed by atoms with E-state index in [4.69, 9.17) is 0 Å². The third-order valence-corrected chi connectivity index (χ3v) is 5.55. The van der Waals surface area contributed by atoms with Crippen LogP contribution in [0.25, 0.3) is 10.9 Å². The molecule has 1 amide bonds. The third kappa shape index (κ3) is 4.74. The molecule has 4 rings (SSSR count). The lowest BCUT2D eigenvalue weighted by Crippen LogP contribution is -2.36. The second-order valence-corrected chi connectivity index (χ2v) is 7.63. The number of para-hydroxylation sites is 1. The van der Waals surface area contributed by atoms with Gasteiger partial charge in [-0.15, -0.1) is 0 Å². The largest absolute Gasteiger partial charge is 0.417 e. The van der Waals surface area contributed by atoms with Crippen LogP contribution in [0.4, 0.5) is 19.0 Å². The van der Waals surface area contributed by atoms with Crippen LogP contribution < -0.4 is 10.5 Å². The van der Waals surface area contributed by atoms with Crippen LogP contribution in [0, 0.1) is 0 Å². The van der Waals surface area contributed by atoms with Crippen molar-refractivity contribution in [2.45, 2.75) is 25.6 Å². The maximum Gasteiger partial charge on any atom is 0.417 e. The van der Waals surface area contributed by atoms with Crippen LogP contribution in [-0.2, 0) is 17.5 Å². The van der Waals surface area contributed by atoms with Gasteiger partial charge < -0.3 is 9.80 Å². The number of hydrogen-bond donors (Lipinski definition) is 0. The van der Waals surface area contributed by atoms with Crippen molar-refractivity contribution in [3.8, 4) is 0 Å². The van der Waals surface area contributed by atoms with Gasteiger partial charge in [0.25, 0.3) is 5.56 Å². The van der Waals surface area contributed by atoms with Gasteiger partial charge in [-0.3, -0.25) is 14.2 Å². The summed E-state index contributed by atoms with van der Waals surface area (Å²) in [5, 5.41) is 0.511. The average molecular weight is 445 g/mol. The number of alkyl halides is 3. The predicted octanol–water partition coefficient (Wildman–Crippen LogP) is 2.94. The number of rotatable bonds is 4. The Labute approximate surface area is 182 Å². The van der Waals surface area contributed by atoms with E-state index < -0.39 is 11.7 Å². The minimum Gasteiger partial charge on any atom is -0.355 e. The molecule has 0 N–H and O–H groups in total. The molecular formula is C22H22F3N5O2. The lowest BCUT2D eigenvalue weighted by atomic mass is 10.2. The lowest BCUT2D eigenvalue weighted by Gasteiger charge is -2.23.